The summed E-state index contributed by atoms with van der Waals surface area (Å²) in [5.74, 6) is -0.406. The Labute approximate surface area is 92.6 Å². The van der Waals surface area contributed by atoms with Crippen LogP contribution >= 0.6 is 0 Å². The Morgan fingerprint density at radius 2 is 2.12 bits per heavy atom. The van der Waals surface area contributed by atoms with Crippen molar-refractivity contribution in [2.75, 3.05) is 5.73 Å². The van der Waals surface area contributed by atoms with Crippen LogP contribution in [-0.4, -0.2) is 16.9 Å². The van der Waals surface area contributed by atoms with E-state index in [4.69, 9.17) is 5.73 Å². The monoisotopic (exact) mass is 223 g/mol. The lowest BCUT2D eigenvalue weighted by Gasteiger charge is -2.09. The molecule has 0 aliphatic heterocycles. The maximum absolute atomic E-state index is 11.6. The summed E-state index contributed by atoms with van der Waals surface area (Å²) in [6.45, 7) is 3.59. The summed E-state index contributed by atoms with van der Waals surface area (Å²) in [4.78, 5) is 21.6. The molecular weight excluding hydrogens is 210 g/mol. The minimum Gasteiger partial charge on any atom is -0.398 e. The van der Waals surface area contributed by atoms with Crippen molar-refractivity contribution in [3.63, 3.8) is 0 Å². The zero-order chi connectivity index (χ0) is 12.3. The molecule has 0 saturated carbocycles. The lowest BCUT2D eigenvalue weighted by Crippen LogP contribution is -2.30. The predicted molar refractivity (Wildman–Crippen MR) is 60.1 cm³/mol. The van der Waals surface area contributed by atoms with Gasteiger partial charge in [0.1, 0.15) is 0 Å². The van der Waals surface area contributed by atoms with Crippen LogP contribution in [0.15, 0.2) is 18.2 Å². The SMILES string of the molecule is CC(C)NC(=O)c1cc([N+](=O)[O-])ccc1N. The number of carbonyl (C=O) groups is 1. The first-order chi connectivity index (χ1) is 7.41. The molecule has 6 heteroatoms. The third kappa shape index (κ3) is 2.69. The highest BCUT2D eigenvalue weighted by molar-refractivity contribution is 5.99. The molecule has 1 aromatic carbocycles. The van der Waals surface area contributed by atoms with Crippen LogP contribution in [0.5, 0.6) is 0 Å². The van der Waals surface area contributed by atoms with Gasteiger partial charge in [-0.1, -0.05) is 0 Å². The van der Waals surface area contributed by atoms with Crippen LogP contribution in [0.2, 0.25) is 0 Å². The van der Waals surface area contributed by atoms with Gasteiger partial charge in [0.05, 0.1) is 10.5 Å². The topological polar surface area (TPSA) is 98.3 Å². The number of non-ortho nitro benzene ring substituents is 1. The van der Waals surface area contributed by atoms with Crippen molar-refractivity contribution >= 4 is 17.3 Å². The standard InChI is InChI=1S/C10H13N3O3/c1-6(2)12-10(14)8-5-7(13(15)16)3-4-9(8)11/h3-6H,11H2,1-2H3,(H,12,14). The fraction of sp³-hybridized carbons (Fsp3) is 0.300. The number of nitrogen functional groups attached to an aromatic ring is 1. The molecule has 0 aliphatic carbocycles. The van der Waals surface area contributed by atoms with E-state index in [1.807, 2.05) is 0 Å². The zero-order valence-electron chi connectivity index (χ0n) is 9.06. The van der Waals surface area contributed by atoms with Crippen LogP contribution < -0.4 is 11.1 Å². The number of hydrogen-bond acceptors (Lipinski definition) is 4. The van der Waals surface area contributed by atoms with E-state index < -0.39 is 10.8 Å². The zero-order valence-corrected chi connectivity index (χ0v) is 9.06. The van der Waals surface area contributed by atoms with Gasteiger partial charge in [-0.25, -0.2) is 0 Å². The molecular formula is C10H13N3O3. The molecule has 0 fully saturated rings. The molecule has 0 spiro atoms. The van der Waals surface area contributed by atoms with Crippen molar-refractivity contribution < 1.29 is 9.72 Å². The van der Waals surface area contributed by atoms with E-state index in [9.17, 15) is 14.9 Å². The number of nitro benzene ring substituents is 1. The number of nitrogens with two attached hydrogens (primary N) is 1. The van der Waals surface area contributed by atoms with Crippen molar-refractivity contribution in [1.29, 1.82) is 0 Å². The first-order valence-corrected chi connectivity index (χ1v) is 4.76. The Morgan fingerprint density at radius 1 is 1.50 bits per heavy atom. The van der Waals surface area contributed by atoms with Gasteiger partial charge in [-0.15, -0.1) is 0 Å². The fourth-order valence-electron chi connectivity index (χ4n) is 1.19. The molecule has 16 heavy (non-hydrogen) atoms. The van der Waals surface area contributed by atoms with Gasteiger partial charge in [-0.2, -0.15) is 0 Å². The van der Waals surface area contributed by atoms with E-state index in [1.165, 1.54) is 18.2 Å². The van der Waals surface area contributed by atoms with Gasteiger partial charge in [0, 0.05) is 23.9 Å². The third-order valence-electron chi connectivity index (χ3n) is 1.91. The molecule has 1 rings (SSSR count). The number of carbonyl (C=O) groups excluding carboxylic acids is 1. The first-order valence-electron chi connectivity index (χ1n) is 4.76. The van der Waals surface area contributed by atoms with E-state index in [0.29, 0.717) is 0 Å². The summed E-state index contributed by atoms with van der Waals surface area (Å²) in [6, 6.07) is 3.74. The van der Waals surface area contributed by atoms with Gasteiger partial charge < -0.3 is 11.1 Å². The summed E-state index contributed by atoms with van der Waals surface area (Å²) in [6.07, 6.45) is 0. The highest BCUT2D eigenvalue weighted by Crippen LogP contribution is 2.19. The van der Waals surface area contributed by atoms with Gasteiger partial charge in [-0.05, 0) is 19.9 Å². The summed E-state index contributed by atoms with van der Waals surface area (Å²) in [5, 5.41) is 13.2. The lowest BCUT2D eigenvalue weighted by atomic mass is 10.1. The number of nitrogens with zero attached hydrogens (tertiary/aromatic N) is 1. The van der Waals surface area contributed by atoms with Crippen molar-refractivity contribution in [1.82, 2.24) is 5.32 Å². The second kappa shape index (κ2) is 4.61. The minimum atomic E-state index is -0.564. The van der Waals surface area contributed by atoms with Crippen molar-refractivity contribution in [2.45, 2.75) is 19.9 Å². The molecule has 1 aromatic rings. The van der Waals surface area contributed by atoms with Crippen molar-refractivity contribution in [2.24, 2.45) is 0 Å². The Balaban J connectivity index is 3.07. The molecule has 0 unspecified atom stereocenters. The van der Waals surface area contributed by atoms with Crippen LogP contribution in [0.25, 0.3) is 0 Å². The maximum Gasteiger partial charge on any atom is 0.270 e. The van der Waals surface area contributed by atoms with E-state index in [1.54, 1.807) is 13.8 Å². The van der Waals surface area contributed by atoms with Gasteiger partial charge in [0.15, 0.2) is 0 Å². The molecule has 0 radical (unpaired) electrons. The first kappa shape index (κ1) is 12.0. The van der Waals surface area contributed by atoms with Crippen LogP contribution in [0.4, 0.5) is 11.4 Å². The van der Waals surface area contributed by atoms with Gasteiger partial charge in [-0.3, -0.25) is 14.9 Å². The van der Waals surface area contributed by atoms with E-state index in [-0.39, 0.29) is 23.0 Å². The maximum atomic E-state index is 11.6. The molecule has 6 nitrogen and oxygen atoms in total. The predicted octanol–water partition coefficient (Wildman–Crippen LogP) is 1.32. The van der Waals surface area contributed by atoms with Crippen molar-refractivity contribution in [3.8, 4) is 0 Å². The van der Waals surface area contributed by atoms with Crippen LogP contribution in [0, 0.1) is 10.1 Å². The molecule has 0 heterocycles. The molecule has 0 saturated heterocycles. The van der Waals surface area contributed by atoms with Gasteiger partial charge in [0.2, 0.25) is 0 Å². The summed E-state index contributed by atoms with van der Waals surface area (Å²) < 4.78 is 0. The largest absolute Gasteiger partial charge is 0.398 e. The Bertz CT molecular complexity index is 429. The highest BCUT2D eigenvalue weighted by atomic mass is 16.6. The number of nitrogens with one attached hydrogen (secondary N) is 1. The average molecular weight is 223 g/mol. The van der Waals surface area contributed by atoms with E-state index in [0.717, 1.165) is 0 Å². The average Bonchev–Trinajstić information content (AvgIpc) is 2.16. The number of hydrogen-bond donors (Lipinski definition) is 2. The molecule has 3 N–H and O–H groups in total. The quantitative estimate of drug-likeness (QED) is 0.458. The number of benzene rings is 1. The second-order valence-corrected chi connectivity index (χ2v) is 3.66. The van der Waals surface area contributed by atoms with Gasteiger partial charge >= 0.3 is 0 Å². The molecule has 1 amide bonds. The summed E-state index contributed by atoms with van der Waals surface area (Å²) in [7, 11) is 0. The molecule has 0 aromatic heterocycles. The van der Waals surface area contributed by atoms with Crippen LogP contribution in [-0.2, 0) is 0 Å². The molecule has 0 atom stereocenters. The number of nitro groups is 1. The van der Waals surface area contributed by atoms with Crippen LogP contribution in [0.3, 0.4) is 0 Å². The molecule has 0 bridgehead atoms. The third-order valence-corrected chi connectivity index (χ3v) is 1.91. The lowest BCUT2D eigenvalue weighted by molar-refractivity contribution is -0.384. The smallest absolute Gasteiger partial charge is 0.270 e. The minimum absolute atomic E-state index is 0.0498. The van der Waals surface area contributed by atoms with E-state index >= 15 is 0 Å². The Kier molecular flexibility index (Phi) is 3.44. The van der Waals surface area contributed by atoms with Gasteiger partial charge in [0.25, 0.3) is 11.6 Å². The molecule has 0 aliphatic rings. The van der Waals surface area contributed by atoms with E-state index in [2.05, 4.69) is 5.32 Å². The fourth-order valence-corrected chi connectivity index (χ4v) is 1.19. The highest BCUT2D eigenvalue weighted by Gasteiger charge is 2.15. The number of amides is 1. The summed E-state index contributed by atoms with van der Waals surface area (Å²) in [5.41, 5.74) is 5.79. The Hall–Kier alpha value is -2.11. The van der Waals surface area contributed by atoms with Crippen molar-refractivity contribution in [3.05, 3.63) is 33.9 Å². The molecule has 86 valence electrons. The number of anilines is 1. The summed E-state index contributed by atoms with van der Waals surface area (Å²) >= 11 is 0. The second-order valence-electron chi connectivity index (χ2n) is 3.66. The number of rotatable bonds is 3. The Morgan fingerprint density at radius 3 is 2.62 bits per heavy atom. The normalized spacial score (nSPS) is 10.2. The van der Waals surface area contributed by atoms with Crippen LogP contribution in [0.1, 0.15) is 24.2 Å².